The highest BCUT2D eigenvalue weighted by atomic mass is 16.6. The summed E-state index contributed by atoms with van der Waals surface area (Å²) >= 11 is 0. The van der Waals surface area contributed by atoms with Crippen LogP contribution in [-0.2, 0) is 47.5 Å². The number of urea groups is 4. The number of aliphatic hydroxyl groups is 3. The molecular weight excluding hydrogens is 1110 g/mol. The summed E-state index contributed by atoms with van der Waals surface area (Å²) in [5.74, 6) is 2.67. The molecule has 84 heavy (non-hydrogen) atoms. The van der Waals surface area contributed by atoms with Crippen LogP contribution in [-0.4, -0.2) is 307 Å². The molecule has 0 radical (unpaired) electrons. The summed E-state index contributed by atoms with van der Waals surface area (Å²) in [5, 5.41) is 34.6. The van der Waals surface area contributed by atoms with Crippen LogP contribution in [0.1, 0.15) is 0 Å². The van der Waals surface area contributed by atoms with Crippen LogP contribution in [0.5, 0.6) is 11.5 Å². The standard InChI is InChI=1S/C18H18O4.C12H22N4O6.C10H18N4O4.C9H18N6O3.2CH2O/c1-5-15(19-9-17-11-21-17)6-2-13(1)14-3-7-16(8-4-14)20-10-18-12-22-18;1-19-5-13-9-10(15(7-21-3)11(13)17)16(8-22-4)12(18)14(9)6-20-2;1-11-7-8(12(2)9(11)15)14(6-18-4)10(16)13(7)5-17-3;16-4-1-10-7-13-8(11-2-5-17)15-9(14-7)12-3-6-18;2*1-2/h1-8,17-18H,9-12H2;9-10H,5-8H2,1-4H3;7-8H,5-6H2,1-4H3;16-18H,1-6H2,(H3,10,11,12,13,14,15);2*1H2. The zero-order chi connectivity index (χ0) is 61.7. The fraction of sp³-hybridized carbons (Fsp3) is 0.588. The highest BCUT2D eigenvalue weighted by molar-refractivity contribution is 5.85. The number of nitrogens with zero attached hydrogens (tertiary/aromatic N) is 11. The Morgan fingerprint density at radius 2 is 0.702 bits per heavy atom. The minimum absolute atomic E-state index is 0.0372. The predicted octanol–water partition coefficient (Wildman–Crippen LogP) is -0.266. The number of epoxide rings is 2. The lowest BCUT2D eigenvalue weighted by Gasteiger charge is -2.28. The average molecular weight is 1190 g/mol. The number of aromatic nitrogens is 3. The number of hydrogen-bond donors (Lipinski definition) is 6. The van der Waals surface area contributed by atoms with Crippen molar-refractivity contribution in [1.82, 2.24) is 54.2 Å². The lowest BCUT2D eigenvalue weighted by Crippen LogP contribution is -2.48. The molecule has 9 rings (SSSR count). The first kappa shape index (κ1) is 68.9. The van der Waals surface area contributed by atoms with E-state index in [9.17, 15) is 19.2 Å². The van der Waals surface area contributed by atoms with Gasteiger partial charge in [0.05, 0.1) is 33.0 Å². The van der Waals surface area contributed by atoms with Crippen LogP contribution in [0.3, 0.4) is 0 Å². The Morgan fingerprint density at radius 1 is 0.452 bits per heavy atom. The van der Waals surface area contributed by atoms with E-state index >= 15 is 0 Å². The topological polar surface area (TPSA) is 363 Å². The molecule has 6 aliphatic heterocycles. The molecule has 468 valence electrons. The number of rotatable bonds is 28. The molecule has 3 aromatic rings. The van der Waals surface area contributed by atoms with Gasteiger partial charge in [0.2, 0.25) is 17.8 Å². The SMILES string of the molecule is C=O.C=O.COCN1C(=O)N(COC)C2C1N(C)C(=O)N2C.COCN1C(=O)N(COC)C2C1N(COC)C(=O)N2COC.OCCNc1nc(NCCO)nc(NCCO)n1.c1cc(-c2ccc(OCC3CO3)cc2)ccc1OCC1CO1. The van der Waals surface area contributed by atoms with Crippen molar-refractivity contribution in [2.45, 2.75) is 36.9 Å². The Kier molecular flexibility index (Phi) is 29.7. The molecule has 0 saturated carbocycles. The van der Waals surface area contributed by atoms with Gasteiger partial charge in [0.25, 0.3) is 0 Å². The second-order valence-corrected chi connectivity index (χ2v) is 18.2. The maximum absolute atomic E-state index is 12.6. The summed E-state index contributed by atoms with van der Waals surface area (Å²) in [4.78, 5) is 89.4. The Hall–Kier alpha value is -7.57. The van der Waals surface area contributed by atoms with Crippen LogP contribution in [0.2, 0.25) is 0 Å². The highest BCUT2D eigenvalue weighted by Gasteiger charge is 2.60. The van der Waals surface area contributed by atoms with Crippen molar-refractivity contribution in [3.63, 3.8) is 0 Å². The molecule has 0 spiro atoms. The van der Waals surface area contributed by atoms with Crippen LogP contribution in [0.4, 0.5) is 37.0 Å². The van der Waals surface area contributed by atoms with Crippen LogP contribution in [0.25, 0.3) is 11.1 Å². The Bertz CT molecular complexity index is 2220. The first-order valence-corrected chi connectivity index (χ1v) is 26.0. The lowest BCUT2D eigenvalue weighted by molar-refractivity contribution is -0.0987. The van der Waals surface area contributed by atoms with Gasteiger partial charge in [0.15, 0.2) is 24.7 Å². The minimum Gasteiger partial charge on any atom is -0.491 e. The number of methoxy groups -OCH3 is 6. The number of likely N-dealkylation sites (N-methyl/N-ethyl adjacent to an activating group) is 2. The van der Waals surface area contributed by atoms with Gasteiger partial charge in [-0.1, -0.05) is 24.3 Å². The van der Waals surface area contributed by atoms with E-state index in [1.165, 1.54) is 81.9 Å². The number of fused-ring (bicyclic) bond motifs is 2. The van der Waals surface area contributed by atoms with Crippen molar-refractivity contribution >= 4 is 55.5 Å². The van der Waals surface area contributed by atoms with Gasteiger partial charge in [0, 0.05) is 76.4 Å². The fourth-order valence-corrected chi connectivity index (χ4v) is 8.70. The number of nitrogens with one attached hydrogen (secondary N) is 3. The van der Waals surface area contributed by atoms with Gasteiger partial charge >= 0.3 is 24.1 Å². The molecular formula is C51H80N14O19. The molecule has 0 bridgehead atoms. The lowest BCUT2D eigenvalue weighted by atomic mass is 10.1. The van der Waals surface area contributed by atoms with Crippen LogP contribution in [0.15, 0.2) is 48.5 Å². The molecule has 4 atom stereocenters. The minimum atomic E-state index is -0.523. The zero-order valence-corrected chi connectivity index (χ0v) is 48.6. The van der Waals surface area contributed by atoms with E-state index < -0.39 is 12.3 Å². The molecule has 33 heteroatoms. The van der Waals surface area contributed by atoms with E-state index in [-0.39, 0.29) is 109 Å². The van der Waals surface area contributed by atoms with Gasteiger partial charge in [-0.3, -0.25) is 29.4 Å². The zero-order valence-electron chi connectivity index (χ0n) is 48.6. The maximum atomic E-state index is 12.6. The Balaban J connectivity index is 0.000000236. The number of ether oxygens (including phenoxy) is 10. The molecule has 6 aliphatic rings. The summed E-state index contributed by atoms with van der Waals surface area (Å²) in [5.41, 5.74) is 2.32. The smallest absolute Gasteiger partial charge is 0.327 e. The quantitative estimate of drug-likeness (QED) is 0.0510. The Labute approximate surface area is 487 Å². The molecule has 8 amide bonds. The number of benzene rings is 2. The first-order chi connectivity index (χ1) is 40.8. The first-order valence-electron chi connectivity index (χ1n) is 26.0. The van der Waals surface area contributed by atoms with Gasteiger partial charge in [-0.2, -0.15) is 15.0 Å². The molecule has 1 aromatic heterocycles. The molecule has 6 N–H and O–H groups in total. The molecule has 33 nitrogen and oxygen atoms in total. The van der Waals surface area contributed by atoms with Crippen LogP contribution >= 0.6 is 0 Å². The van der Waals surface area contributed by atoms with Gasteiger partial charge in [-0.25, -0.2) is 19.2 Å². The van der Waals surface area contributed by atoms with Crippen molar-refractivity contribution in [1.29, 1.82) is 0 Å². The molecule has 6 fully saturated rings. The number of carbonyl (C=O) groups excluding carboxylic acids is 6. The van der Waals surface area contributed by atoms with E-state index in [0.717, 1.165) is 35.8 Å². The van der Waals surface area contributed by atoms with Crippen molar-refractivity contribution in [3.05, 3.63) is 48.5 Å². The van der Waals surface area contributed by atoms with Crippen molar-refractivity contribution in [3.8, 4) is 22.6 Å². The highest BCUT2D eigenvalue weighted by Crippen LogP contribution is 2.36. The molecule has 2 aromatic carbocycles. The summed E-state index contributed by atoms with van der Waals surface area (Å²) in [6, 6.07) is 15.4. The second kappa shape index (κ2) is 36.2. The van der Waals surface area contributed by atoms with E-state index in [1.54, 1.807) is 14.1 Å². The van der Waals surface area contributed by atoms with Gasteiger partial charge < -0.3 is 98.0 Å². The summed E-state index contributed by atoms with van der Waals surface area (Å²) in [6.07, 6.45) is -1.16. The number of amides is 8. The molecule has 0 aliphatic carbocycles. The second-order valence-electron chi connectivity index (χ2n) is 18.2. The third-order valence-electron chi connectivity index (χ3n) is 12.5. The largest absolute Gasteiger partial charge is 0.491 e. The van der Waals surface area contributed by atoms with Crippen molar-refractivity contribution < 1.29 is 91.5 Å². The van der Waals surface area contributed by atoms with E-state index in [2.05, 4.69) is 55.2 Å². The monoisotopic (exact) mass is 1190 g/mol. The third kappa shape index (κ3) is 18.7. The van der Waals surface area contributed by atoms with E-state index in [1.807, 2.05) is 37.8 Å². The van der Waals surface area contributed by atoms with Gasteiger partial charge in [0.1, 0.15) is 90.9 Å². The Morgan fingerprint density at radius 3 is 0.929 bits per heavy atom. The normalized spacial score (nSPS) is 20.5. The van der Waals surface area contributed by atoms with Crippen LogP contribution in [0, 0.1) is 0 Å². The summed E-state index contributed by atoms with van der Waals surface area (Å²) < 4.78 is 52.0. The van der Waals surface area contributed by atoms with E-state index in [4.69, 9.17) is 72.3 Å². The van der Waals surface area contributed by atoms with E-state index in [0.29, 0.717) is 50.7 Å². The number of aliphatic hydroxyl groups excluding tert-OH is 3. The fourth-order valence-electron chi connectivity index (χ4n) is 8.70. The van der Waals surface area contributed by atoms with Gasteiger partial charge in [-0.15, -0.1) is 0 Å². The number of hydrogen-bond acceptors (Lipinski definition) is 25. The average Bonchev–Trinajstić information content (AvgIpc) is 1.82. The number of anilines is 3. The van der Waals surface area contributed by atoms with Crippen LogP contribution < -0.4 is 25.4 Å². The van der Waals surface area contributed by atoms with Crippen molar-refractivity contribution in [2.24, 2.45) is 0 Å². The maximum Gasteiger partial charge on any atom is 0.327 e. The van der Waals surface area contributed by atoms with Crippen molar-refractivity contribution in [2.75, 3.05) is 179 Å². The summed E-state index contributed by atoms with van der Waals surface area (Å²) in [7, 11) is 12.4. The summed E-state index contributed by atoms with van der Waals surface area (Å²) in [6.45, 7) is 8.31. The number of carbonyl (C=O) groups is 6. The third-order valence-corrected chi connectivity index (χ3v) is 12.5. The molecule has 6 saturated heterocycles. The molecule has 4 unspecified atom stereocenters. The molecule has 7 heterocycles. The van der Waals surface area contributed by atoms with Gasteiger partial charge in [-0.05, 0) is 35.4 Å². The predicted molar refractivity (Wildman–Crippen MR) is 298 cm³/mol.